The fraction of sp³-hybridized carbons (Fsp3) is 0.486. The third-order valence-electron chi connectivity index (χ3n) is 7.92. The Morgan fingerprint density at radius 1 is 0.943 bits per heavy atom. The number of halogens is 2. The molecule has 3 aromatic rings. The summed E-state index contributed by atoms with van der Waals surface area (Å²) in [7, 11) is 2.73. The quantitative estimate of drug-likeness (QED) is 0.0673. The summed E-state index contributed by atoms with van der Waals surface area (Å²) in [5.41, 5.74) is 0.224. The number of carbonyl (C=O) groups is 5. The molecule has 1 N–H and O–H groups in total. The SMILES string of the molecule is COc1cc2c(c(F)c1OCCCOc1c(OC)cc3sc(C(=O)CCC(=O)OC(C)CNC(=O)OC(C)(C)C)cc3c1F)CN(C(=O)CCC=O)C2. The molecule has 4 rings (SSSR count). The van der Waals surface area contributed by atoms with Gasteiger partial charge in [0.15, 0.2) is 40.4 Å². The Hall–Kier alpha value is -4.99. The summed E-state index contributed by atoms with van der Waals surface area (Å²) in [5, 5.41) is 2.65. The van der Waals surface area contributed by atoms with Gasteiger partial charge in [-0.2, -0.15) is 0 Å². The van der Waals surface area contributed by atoms with Gasteiger partial charge >= 0.3 is 12.1 Å². The molecule has 0 fully saturated rings. The number of esters is 1. The van der Waals surface area contributed by atoms with E-state index in [0.717, 1.165) is 11.3 Å². The fourth-order valence-electron chi connectivity index (χ4n) is 5.40. The maximum absolute atomic E-state index is 15.7. The zero-order valence-electron chi connectivity index (χ0n) is 30.6. The Labute approximate surface area is 309 Å². The highest BCUT2D eigenvalue weighted by molar-refractivity contribution is 7.20. The number of aldehydes is 1. The van der Waals surface area contributed by atoms with Crippen LogP contribution < -0.4 is 24.3 Å². The van der Waals surface area contributed by atoms with E-state index in [0.29, 0.717) is 22.1 Å². The summed E-state index contributed by atoms with van der Waals surface area (Å²) in [6, 6.07) is 4.57. The molecule has 2 aromatic carbocycles. The molecule has 1 aromatic heterocycles. The molecule has 1 aliphatic heterocycles. The molecule has 13 nitrogen and oxygen atoms in total. The lowest BCUT2D eigenvalue weighted by Crippen LogP contribution is -2.37. The lowest BCUT2D eigenvalue weighted by atomic mass is 10.1. The van der Waals surface area contributed by atoms with Crippen LogP contribution in [0.3, 0.4) is 0 Å². The van der Waals surface area contributed by atoms with E-state index in [1.807, 2.05) is 0 Å². The number of ether oxygens (including phenoxy) is 6. The van der Waals surface area contributed by atoms with Gasteiger partial charge in [0.2, 0.25) is 5.91 Å². The van der Waals surface area contributed by atoms with E-state index in [4.69, 9.17) is 28.4 Å². The third kappa shape index (κ3) is 10.8. The van der Waals surface area contributed by atoms with Crippen LogP contribution in [0, 0.1) is 11.6 Å². The number of benzene rings is 2. The Kier molecular flexibility index (Phi) is 14.0. The second-order valence-corrected chi connectivity index (χ2v) is 14.3. The Balaban J connectivity index is 1.31. The number of amides is 2. The van der Waals surface area contributed by atoms with Crippen LogP contribution in [0.1, 0.15) is 80.6 Å². The predicted molar refractivity (Wildman–Crippen MR) is 190 cm³/mol. The van der Waals surface area contributed by atoms with E-state index in [-0.39, 0.29) is 110 Å². The Morgan fingerprint density at radius 3 is 2.25 bits per heavy atom. The number of Topliss-reactive ketones (excluding diaryl/α,β-unsaturated/α-hetero) is 1. The highest BCUT2D eigenvalue weighted by Gasteiger charge is 2.30. The number of ketones is 1. The van der Waals surface area contributed by atoms with Crippen molar-refractivity contribution in [3.8, 4) is 23.0 Å². The number of alkyl carbamates (subject to hydrolysis) is 1. The van der Waals surface area contributed by atoms with Crippen molar-refractivity contribution in [3.63, 3.8) is 0 Å². The first-order valence-electron chi connectivity index (χ1n) is 17.0. The summed E-state index contributed by atoms with van der Waals surface area (Å²) < 4.78 is 64.2. The summed E-state index contributed by atoms with van der Waals surface area (Å²) in [5.74, 6) is -2.68. The molecule has 1 aliphatic rings. The van der Waals surface area contributed by atoms with E-state index in [2.05, 4.69) is 5.32 Å². The monoisotopic (exact) mass is 762 g/mol. The molecule has 1 unspecified atom stereocenters. The fourth-order valence-corrected chi connectivity index (χ4v) is 6.45. The second kappa shape index (κ2) is 18.2. The largest absolute Gasteiger partial charge is 0.493 e. The van der Waals surface area contributed by atoms with Crippen LogP contribution >= 0.6 is 11.3 Å². The van der Waals surface area contributed by atoms with Gasteiger partial charge in [0.05, 0.1) is 45.3 Å². The van der Waals surface area contributed by atoms with Crippen LogP contribution in [0.5, 0.6) is 23.0 Å². The van der Waals surface area contributed by atoms with Gasteiger partial charge in [-0.3, -0.25) is 14.4 Å². The van der Waals surface area contributed by atoms with Gasteiger partial charge in [0, 0.05) is 60.5 Å². The van der Waals surface area contributed by atoms with Crippen molar-refractivity contribution in [3.05, 3.63) is 45.8 Å². The minimum absolute atomic E-state index is 0.0151. The Bertz CT molecular complexity index is 1840. The maximum Gasteiger partial charge on any atom is 0.407 e. The number of rotatable bonds is 18. The van der Waals surface area contributed by atoms with Crippen LogP contribution in [-0.4, -0.2) is 80.6 Å². The lowest BCUT2D eigenvalue weighted by molar-refractivity contribution is -0.148. The molecule has 0 spiro atoms. The molecule has 0 aliphatic carbocycles. The van der Waals surface area contributed by atoms with Crippen molar-refractivity contribution < 1.29 is 61.2 Å². The highest BCUT2D eigenvalue weighted by atomic mass is 32.1. The van der Waals surface area contributed by atoms with Crippen LogP contribution in [0.25, 0.3) is 10.1 Å². The molecule has 53 heavy (non-hydrogen) atoms. The molecule has 2 heterocycles. The van der Waals surface area contributed by atoms with E-state index in [1.54, 1.807) is 39.8 Å². The first kappa shape index (κ1) is 40.8. The standard InChI is InChI=1S/C37H44F2N2O11S/c1-21(18-40-36(46)52-37(2,3)4)51-31(45)11-10-25(43)29-16-23-28(53-29)17-27(48-6)35(32(23)38)50-14-8-13-49-34-26(47-5)15-22-19-41(20-24(22)33(34)39)30(44)9-7-12-42/h12,15-17,21H,7-11,13-14,18-20H2,1-6H3,(H,40,46). The lowest BCUT2D eigenvalue weighted by Gasteiger charge is -2.20. The first-order valence-corrected chi connectivity index (χ1v) is 17.8. The molecule has 0 saturated carbocycles. The van der Waals surface area contributed by atoms with Crippen molar-refractivity contribution >= 4 is 51.5 Å². The van der Waals surface area contributed by atoms with Gasteiger partial charge in [0.25, 0.3) is 0 Å². The molecule has 1 atom stereocenters. The van der Waals surface area contributed by atoms with E-state index in [1.165, 1.54) is 25.2 Å². The number of methoxy groups -OCH3 is 2. The highest BCUT2D eigenvalue weighted by Crippen LogP contribution is 2.41. The average Bonchev–Trinajstić information content (AvgIpc) is 3.74. The molecule has 0 radical (unpaired) electrons. The van der Waals surface area contributed by atoms with Gasteiger partial charge in [-0.25, -0.2) is 13.6 Å². The van der Waals surface area contributed by atoms with Crippen molar-refractivity contribution in [1.29, 1.82) is 0 Å². The Morgan fingerprint density at radius 2 is 1.60 bits per heavy atom. The topological polar surface area (TPSA) is 156 Å². The average molecular weight is 763 g/mol. The number of carbonyl (C=O) groups excluding carboxylic acids is 5. The van der Waals surface area contributed by atoms with Crippen molar-refractivity contribution in [1.82, 2.24) is 10.2 Å². The number of nitrogens with zero attached hydrogens (tertiary/aromatic N) is 1. The van der Waals surface area contributed by atoms with Crippen LogP contribution in [0.4, 0.5) is 13.6 Å². The van der Waals surface area contributed by atoms with E-state index in [9.17, 15) is 24.0 Å². The molecule has 0 saturated heterocycles. The molecule has 288 valence electrons. The van der Waals surface area contributed by atoms with Crippen LogP contribution in [0.15, 0.2) is 18.2 Å². The second-order valence-electron chi connectivity index (χ2n) is 13.2. The minimum Gasteiger partial charge on any atom is -0.493 e. The molecule has 2 amide bonds. The van der Waals surface area contributed by atoms with E-state index < -0.39 is 35.4 Å². The van der Waals surface area contributed by atoms with Gasteiger partial charge in [-0.1, -0.05) is 0 Å². The van der Waals surface area contributed by atoms with Crippen LogP contribution in [0.2, 0.25) is 0 Å². The van der Waals surface area contributed by atoms with E-state index >= 15 is 8.78 Å². The molecular formula is C37H44F2N2O11S. The summed E-state index contributed by atoms with van der Waals surface area (Å²) in [4.78, 5) is 61.8. The van der Waals surface area contributed by atoms with Crippen LogP contribution in [-0.2, 0) is 36.9 Å². The zero-order valence-corrected chi connectivity index (χ0v) is 31.4. The van der Waals surface area contributed by atoms with Gasteiger partial charge < -0.3 is 43.4 Å². The normalized spacial score (nSPS) is 12.9. The summed E-state index contributed by atoms with van der Waals surface area (Å²) in [6.07, 6.45) is -0.678. The number of nitrogens with one attached hydrogen (secondary N) is 1. The number of fused-ring (bicyclic) bond motifs is 2. The molecule has 0 bridgehead atoms. The van der Waals surface area contributed by atoms with Gasteiger partial charge in [-0.05, 0) is 45.4 Å². The summed E-state index contributed by atoms with van der Waals surface area (Å²) in [6.45, 7) is 6.99. The van der Waals surface area contributed by atoms with Crippen molar-refractivity contribution in [2.75, 3.05) is 34.0 Å². The minimum atomic E-state index is -0.736. The first-order chi connectivity index (χ1) is 25.1. The zero-order chi connectivity index (χ0) is 38.9. The molecular weight excluding hydrogens is 718 g/mol. The number of thiophene rings is 1. The van der Waals surface area contributed by atoms with Gasteiger partial charge in [-0.15, -0.1) is 11.3 Å². The maximum atomic E-state index is 15.7. The van der Waals surface area contributed by atoms with Crippen molar-refractivity contribution in [2.24, 2.45) is 0 Å². The number of hydrogen-bond donors (Lipinski definition) is 1. The third-order valence-corrected chi connectivity index (χ3v) is 9.04. The predicted octanol–water partition coefficient (Wildman–Crippen LogP) is 6.29. The number of hydrogen-bond acceptors (Lipinski definition) is 12. The smallest absolute Gasteiger partial charge is 0.407 e. The summed E-state index contributed by atoms with van der Waals surface area (Å²) >= 11 is 1.05. The molecule has 16 heteroatoms. The van der Waals surface area contributed by atoms with Crippen molar-refractivity contribution in [2.45, 2.75) is 84.6 Å². The van der Waals surface area contributed by atoms with Gasteiger partial charge in [0.1, 0.15) is 18.0 Å².